The second kappa shape index (κ2) is 11.5. The van der Waals surface area contributed by atoms with Gasteiger partial charge in [0.25, 0.3) is 0 Å². The van der Waals surface area contributed by atoms with Gasteiger partial charge in [-0.15, -0.1) is 0 Å². The van der Waals surface area contributed by atoms with E-state index in [4.69, 9.17) is 0 Å². The van der Waals surface area contributed by atoms with E-state index in [1.165, 1.54) is 20.8 Å². The van der Waals surface area contributed by atoms with E-state index in [1.54, 1.807) is 0 Å². The number of carbonyl (C=O) groups excluding carboxylic acids is 1. The molecule has 0 aliphatic heterocycles. The molecular weight excluding hydrogens is 264 g/mol. The van der Waals surface area contributed by atoms with E-state index in [1.807, 2.05) is 0 Å². The summed E-state index contributed by atoms with van der Waals surface area (Å²) in [6.07, 6.45) is -2.37. The van der Waals surface area contributed by atoms with Crippen LogP contribution in [0.2, 0.25) is 0 Å². The van der Waals surface area contributed by atoms with Gasteiger partial charge >= 0.3 is 110 Å². The Morgan fingerprint density at radius 3 is 1.73 bits per heavy atom. The summed E-state index contributed by atoms with van der Waals surface area (Å²) < 4.78 is 23.7. The Labute approximate surface area is 173 Å². The summed E-state index contributed by atoms with van der Waals surface area (Å²) in [5.41, 5.74) is -0.838. The molecular formula is C6H11BF3K2NO2. The number of hydrogen-bond acceptors (Lipinski definition) is 2. The zero-order valence-electron chi connectivity index (χ0n) is 9.68. The Hall–Kier alpha value is 2.40. The summed E-state index contributed by atoms with van der Waals surface area (Å²) in [5.74, 6) is 0. The van der Waals surface area contributed by atoms with E-state index in [9.17, 15) is 18.5 Å². The van der Waals surface area contributed by atoms with Gasteiger partial charge in [0.2, 0.25) is 0 Å². The normalized spacial score (nSPS) is 8.87. The topological polar surface area (TPSA) is 43.4 Å². The Kier molecular flexibility index (Phi) is 20.0. The Bertz CT molecular complexity index is 180. The van der Waals surface area contributed by atoms with Crippen LogP contribution in [-0.4, -0.2) is 30.2 Å². The van der Waals surface area contributed by atoms with Crippen LogP contribution in [-0.2, 0) is 0 Å². The van der Waals surface area contributed by atoms with Crippen LogP contribution < -0.4 is 113 Å². The average Bonchev–Trinajstić information content (AvgIpc) is 1.79. The molecule has 0 unspecified atom stereocenters. The number of carboxylic acid groups (broad SMARTS) is 1. The predicted molar refractivity (Wildman–Crippen MR) is 39.8 cm³/mol. The molecule has 0 aromatic rings. The molecule has 0 aromatic carbocycles. The molecule has 0 heterocycles. The zero-order chi connectivity index (χ0) is 9.94. The number of rotatable bonds is 2. The number of amides is 1. The molecule has 0 atom stereocenters. The summed E-state index contributed by atoms with van der Waals surface area (Å²) >= 11 is 0. The monoisotopic (exact) mass is 275 g/mol. The molecule has 0 aliphatic rings. The van der Waals surface area contributed by atoms with E-state index >= 15 is 0 Å². The molecule has 78 valence electrons. The van der Waals surface area contributed by atoms with Gasteiger partial charge in [-0.2, -0.15) is 0 Å². The van der Waals surface area contributed by atoms with E-state index in [0.717, 1.165) is 0 Å². The third-order valence-corrected chi connectivity index (χ3v) is 1.35. The van der Waals surface area contributed by atoms with E-state index in [2.05, 4.69) is 0 Å². The van der Waals surface area contributed by atoms with Gasteiger partial charge in [-0.25, -0.2) is 0 Å². The van der Waals surface area contributed by atoms with Crippen molar-refractivity contribution in [3.05, 3.63) is 0 Å². The molecule has 0 N–H and O–H groups in total. The SMILES string of the molecule is CC(C)(C)N(CB(F)F)C(=O)[O-].[F-].[K+].[K+]. The molecule has 15 heavy (non-hydrogen) atoms. The van der Waals surface area contributed by atoms with Crippen LogP contribution in [0.3, 0.4) is 0 Å². The van der Waals surface area contributed by atoms with Gasteiger partial charge in [0.1, 0.15) is 6.09 Å². The van der Waals surface area contributed by atoms with Crippen LogP contribution in [0.25, 0.3) is 0 Å². The smallest absolute Gasteiger partial charge is 1.00 e. The maximum atomic E-state index is 11.8. The molecule has 0 saturated heterocycles. The second-order valence-corrected chi connectivity index (χ2v) is 3.44. The van der Waals surface area contributed by atoms with Gasteiger partial charge in [0.05, 0.1) is 6.44 Å². The predicted octanol–water partition coefficient (Wildman–Crippen LogP) is -8.59. The fourth-order valence-electron chi connectivity index (χ4n) is 0.760. The third-order valence-electron chi connectivity index (χ3n) is 1.35. The number of nitrogens with zero attached hydrogens (tertiary/aromatic N) is 1. The third kappa shape index (κ3) is 12.6. The molecule has 3 nitrogen and oxygen atoms in total. The maximum absolute atomic E-state index is 11.8. The van der Waals surface area contributed by atoms with Crippen LogP contribution in [0, 0.1) is 0 Å². The summed E-state index contributed by atoms with van der Waals surface area (Å²) in [5, 5.41) is 10.4. The van der Waals surface area contributed by atoms with Gasteiger partial charge in [0, 0.05) is 5.54 Å². The van der Waals surface area contributed by atoms with Crippen molar-refractivity contribution in [2.45, 2.75) is 26.3 Å². The summed E-state index contributed by atoms with van der Waals surface area (Å²) in [7, 11) is -2.66. The van der Waals surface area contributed by atoms with Crippen molar-refractivity contribution >= 4 is 13.4 Å². The first-order chi connectivity index (χ1) is 5.25. The minimum atomic E-state index is -2.66. The summed E-state index contributed by atoms with van der Waals surface area (Å²) in [6, 6.07) is 0. The number of carbonyl (C=O) groups is 1. The van der Waals surface area contributed by atoms with Crippen LogP contribution in [0.1, 0.15) is 20.8 Å². The first-order valence-corrected chi connectivity index (χ1v) is 3.52. The van der Waals surface area contributed by atoms with Crippen molar-refractivity contribution in [1.29, 1.82) is 0 Å². The van der Waals surface area contributed by atoms with Crippen molar-refractivity contribution in [3.63, 3.8) is 0 Å². The average molecular weight is 275 g/mol. The van der Waals surface area contributed by atoms with E-state index in [0.29, 0.717) is 4.90 Å². The fraction of sp³-hybridized carbons (Fsp3) is 0.833. The molecule has 0 aliphatic carbocycles. The molecule has 0 spiro atoms. The number of halogens is 3. The molecule has 0 fully saturated rings. The summed E-state index contributed by atoms with van der Waals surface area (Å²) in [4.78, 5) is 11.0. The molecule has 0 aromatic heterocycles. The second-order valence-electron chi connectivity index (χ2n) is 3.44. The largest absolute Gasteiger partial charge is 1.00 e. The van der Waals surface area contributed by atoms with Crippen molar-refractivity contribution < 1.29 is 126 Å². The number of hydrogen-bond donors (Lipinski definition) is 0. The Morgan fingerprint density at radius 2 is 1.67 bits per heavy atom. The van der Waals surface area contributed by atoms with Gasteiger partial charge < -0.3 is 19.5 Å². The molecule has 9 heteroatoms. The van der Waals surface area contributed by atoms with Gasteiger partial charge in [-0.1, -0.05) is 0 Å². The first-order valence-electron chi connectivity index (χ1n) is 3.52. The first kappa shape index (κ1) is 26.1. The molecule has 0 saturated carbocycles. The van der Waals surface area contributed by atoms with Crippen LogP contribution in [0.5, 0.6) is 0 Å². The Balaban J connectivity index is -0.000000202. The summed E-state index contributed by atoms with van der Waals surface area (Å²) in [6.45, 7) is 4.60. The van der Waals surface area contributed by atoms with Gasteiger partial charge in [-0.3, -0.25) is 8.63 Å². The standard InChI is InChI=1S/C6H12BF2NO2.FH.2K/c1-6(2,3)10(5(11)12)4-7(8)9;;;/h4H2,1-3H3,(H,11,12);1H;;/q;;2*+1/p-2. The minimum absolute atomic E-state index is 0. The molecule has 0 radical (unpaired) electrons. The molecule has 0 rings (SSSR count). The zero-order valence-corrected chi connectivity index (χ0v) is 15.9. The van der Waals surface area contributed by atoms with Crippen LogP contribution >= 0.6 is 0 Å². The van der Waals surface area contributed by atoms with E-state index in [-0.39, 0.29) is 107 Å². The molecule has 1 amide bonds. The van der Waals surface area contributed by atoms with Crippen molar-refractivity contribution in [3.8, 4) is 0 Å². The Morgan fingerprint density at radius 1 is 1.33 bits per heavy atom. The van der Waals surface area contributed by atoms with Crippen molar-refractivity contribution in [2.75, 3.05) is 6.44 Å². The van der Waals surface area contributed by atoms with Gasteiger partial charge in [0.15, 0.2) is 0 Å². The minimum Gasteiger partial charge on any atom is -1.00 e. The van der Waals surface area contributed by atoms with Crippen LogP contribution in [0.15, 0.2) is 0 Å². The molecule has 0 bridgehead atoms. The fourth-order valence-corrected chi connectivity index (χ4v) is 0.760. The van der Waals surface area contributed by atoms with Crippen LogP contribution in [0.4, 0.5) is 13.4 Å². The van der Waals surface area contributed by atoms with E-state index < -0.39 is 25.3 Å². The van der Waals surface area contributed by atoms with Gasteiger partial charge in [-0.05, 0) is 20.8 Å². The maximum Gasteiger partial charge on any atom is 1.00 e. The van der Waals surface area contributed by atoms with Crippen molar-refractivity contribution in [1.82, 2.24) is 4.90 Å². The quantitative estimate of drug-likeness (QED) is 0.470. The van der Waals surface area contributed by atoms with Crippen molar-refractivity contribution in [2.24, 2.45) is 0 Å².